The Morgan fingerprint density at radius 2 is 2.44 bits per heavy atom. The molecule has 1 aromatic carbocycles. The molecule has 0 radical (unpaired) electrons. The lowest BCUT2D eigenvalue weighted by molar-refractivity contribution is 0.0696. The first-order valence-corrected chi connectivity index (χ1v) is 5.37. The summed E-state index contributed by atoms with van der Waals surface area (Å²) >= 11 is 0. The predicted molar refractivity (Wildman–Crippen MR) is 60.2 cm³/mol. The molecule has 0 saturated heterocycles. The maximum atomic E-state index is 10.9. The summed E-state index contributed by atoms with van der Waals surface area (Å²) in [6.45, 7) is 1.55. The van der Waals surface area contributed by atoms with Crippen LogP contribution >= 0.6 is 0 Å². The zero-order chi connectivity index (χ0) is 11.5. The monoisotopic (exact) mass is 221 g/mol. The number of aromatic carboxylic acids is 1. The van der Waals surface area contributed by atoms with Gasteiger partial charge in [0, 0.05) is 12.5 Å². The Balaban J connectivity index is 2.36. The molecule has 16 heavy (non-hydrogen) atoms. The van der Waals surface area contributed by atoms with Gasteiger partial charge in [0.15, 0.2) is 0 Å². The minimum Gasteiger partial charge on any atom is -0.493 e. The number of carboxylic acid groups (broad SMARTS) is 1. The van der Waals surface area contributed by atoms with Crippen LogP contribution in [0.1, 0.15) is 28.3 Å². The number of nitrogens with one attached hydrogen (secondary N) is 1. The van der Waals surface area contributed by atoms with Gasteiger partial charge in [-0.1, -0.05) is 0 Å². The number of ether oxygens (including phenoxy) is 1. The second-order valence-corrected chi connectivity index (χ2v) is 3.95. The number of fused-ring (bicyclic) bond motifs is 1. The molecule has 1 aromatic rings. The van der Waals surface area contributed by atoms with Crippen LogP contribution in [0.25, 0.3) is 0 Å². The summed E-state index contributed by atoms with van der Waals surface area (Å²) < 4.78 is 5.51. The standard InChI is InChI=1S/C12H15NO3/c1-13-7-9-4-5-16-11-3-2-8(12(14)15)6-10(9)11/h2-3,6,9,13H,4-5,7H2,1H3,(H,14,15). The zero-order valence-corrected chi connectivity index (χ0v) is 9.19. The van der Waals surface area contributed by atoms with Crippen LogP contribution in [-0.2, 0) is 0 Å². The van der Waals surface area contributed by atoms with Crippen molar-refractivity contribution in [2.24, 2.45) is 0 Å². The zero-order valence-electron chi connectivity index (χ0n) is 9.19. The van der Waals surface area contributed by atoms with Gasteiger partial charge in [-0.25, -0.2) is 4.79 Å². The van der Waals surface area contributed by atoms with E-state index in [0.29, 0.717) is 18.1 Å². The fourth-order valence-corrected chi connectivity index (χ4v) is 2.06. The Kier molecular flexibility index (Phi) is 3.10. The second-order valence-electron chi connectivity index (χ2n) is 3.95. The highest BCUT2D eigenvalue weighted by atomic mass is 16.5. The molecule has 0 spiro atoms. The van der Waals surface area contributed by atoms with Crippen molar-refractivity contribution in [2.45, 2.75) is 12.3 Å². The van der Waals surface area contributed by atoms with Crippen LogP contribution in [0.3, 0.4) is 0 Å². The molecule has 1 aliphatic rings. The van der Waals surface area contributed by atoms with E-state index < -0.39 is 5.97 Å². The molecule has 1 heterocycles. The quantitative estimate of drug-likeness (QED) is 0.811. The SMILES string of the molecule is CNCC1CCOc2ccc(C(=O)O)cc21. The molecule has 0 amide bonds. The summed E-state index contributed by atoms with van der Waals surface area (Å²) in [7, 11) is 1.90. The van der Waals surface area contributed by atoms with Crippen molar-refractivity contribution in [3.8, 4) is 5.75 Å². The fourth-order valence-electron chi connectivity index (χ4n) is 2.06. The van der Waals surface area contributed by atoms with Crippen LogP contribution < -0.4 is 10.1 Å². The summed E-state index contributed by atoms with van der Waals surface area (Å²) in [5.41, 5.74) is 1.32. The summed E-state index contributed by atoms with van der Waals surface area (Å²) in [5, 5.41) is 12.1. The van der Waals surface area contributed by atoms with Gasteiger partial charge in [0.05, 0.1) is 12.2 Å². The summed E-state index contributed by atoms with van der Waals surface area (Å²) in [6, 6.07) is 5.06. The largest absolute Gasteiger partial charge is 0.493 e. The van der Waals surface area contributed by atoms with Gasteiger partial charge in [-0.15, -0.1) is 0 Å². The molecule has 2 N–H and O–H groups in total. The van der Waals surface area contributed by atoms with Crippen molar-refractivity contribution >= 4 is 5.97 Å². The molecular formula is C12H15NO3. The van der Waals surface area contributed by atoms with Crippen LogP contribution in [0.4, 0.5) is 0 Å². The van der Waals surface area contributed by atoms with E-state index in [1.54, 1.807) is 18.2 Å². The summed E-state index contributed by atoms with van der Waals surface area (Å²) in [4.78, 5) is 10.9. The van der Waals surface area contributed by atoms with Crippen LogP contribution in [0.15, 0.2) is 18.2 Å². The van der Waals surface area contributed by atoms with Crippen LogP contribution in [0.5, 0.6) is 5.75 Å². The summed E-state index contributed by atoms with van der Waals surface area (Å²) in [6.07, 6.45) is 0.927. The van der Waals surface area contributed by atoms with Crippen molar-refractivity contribution in [1.82, 2.24) is 5.32 Å². The normalized spacial score (nSPS) is 18.7. The van der Waals surface area contributed by atoms with Gasteiger partial charge in [0.25, 0.3) is 0 Å². The Labute approximate surface area is 94.2 Å². The van der Waals surface area contributed by atoms with Crippen LogP contribution in [-0.4, -0.2) is 31.3 Å². The minimum atomic E-state index is -0.892. The first-order valence-electron chi connectivity index (χ1n) is 5.37. The van der Waals surface area contributed by atoms with E-state index in [0.717, 1.165) is 24.3 Å². The number of hydrogen-bond donors (Lipinski definition) is 2. The van der Waals surface area contributed by atoms with Crippen molar-refractivity contribution in [1.29, 1.82) is 0 Å². The third kappa shape index (κ3) is 2.02. The first kappa shape index (κ1) is 11.0. The van der Waals surface area contributed by atoms with Gasteiger partial charge in [-0.3, -0.25) is 0 Å². The number of benzene rings is 1. The van der Waals surface area contributed by atoms with Gasteiger partial charge >= 0.3 is 5.97 Å². The molecule has 0 fully saturated rings. The topological polar surface area (TPSA) is 58.6 Å². The molecule has 0 saturated carbocycles. The highest BCUT2D eigenvalue weighted by molar-refractivity contribution is 5.88. The Morgan fingerprint density at radius 3 is 3.12 bits per heavy atom. The number of carboxylic acids is 1. The van der Waals surface area contributed by atoms with Crippen molar-refractivity contribution in [2.75, 3.05) is 20.2 Å². The number of carbonyl (C=O) groups is 1. The molecule has 2 rings (SSSR count). The molecule has 86 valence electrons. The van der Waals surface area contributed by atoms with Gasteiger partial charge in [0.1, 0.15) is 5.75 Å². The molecule has 4 nitrogen and oxygen atoms in total. The molecule has 1 unspecified atom stereocenters. The lowest BCUT2D eigenvalue weighted by Gasteiger charge is -2.26. The smallest absolute Gasteiger partial charge is 0.335 e. The number of rotatable bonds is 3. The third-order valence-electron chi connectivity index (χ3n) is 2.87. The number of hydrogen-bond acceptors (Lipinski definition) is 3. The predicted octanol–water partition coefficient (Wildman–Crippen LogP) is 1.47. The van der Waals surface area contributed by atoms with Gasteiger partial charge in [0.2, 0.25) is 0 Å². The maximum absolute atomic E-state index is 10.9. The molecule has 1 aliphatic heterocycles. The molecule has 0 aromatic heterocycles. The minimum absolute atomic E-state index is 0.324. The lowest BCUT2D eigenvalue weighted by atomic mass is 9.91. The molecule has 0 bridgehead atoms. The van der Waals surface area contributed by atoms with Crippen molar-refractivity contribution in [3.05, 3.63) is 29.3 Å². The van der Waals surface area contributed by atoms with E-state index in [2.05, 4.69) is 5.32 Å². The highest BCUT2D eigenvalue weighted by Crippen LogP contribution is 2.33. The third-order valence-corrected chi connectivity index (χ3v) is 2.87. The average Bonchev–Trinajstić information content (AvgIpc) is 2.29. The van der Waals surface area contributed by atoms with E-state index in [4.69, 9.17) is 9.84 Å². The molecular weight excluding hydrogens is 206 g/mol. The molecule has 1 atom stereocenters. The first-order chi connectivity index (χ1) is 7.72. The van der Waals surface area contributed by atoms with E-state index >= 15 is 0 Å². The van der Waals surface area contributed by atoms with Crippen LogP contribution in [0.2, 0.25) is 0 Å². The number of likely N-dealkylation sites (N-methyl/N-ethyl adjacent to an activating group) is 1. The highest BCUT2D eigenvalue weighted by Gasteiger charge is 2.22. The molecule has 0 aliphatic carbocycles. The Bertz CT molecular complexity index is 403. The van der Waals surface area contributed by atoms with E-state index in [9.17, 15) is 4.79 Å². The van der Waals surface area contributed by atoms with Gasteiger partial charge < -0.3 is 15.2 Å². The van der Waals surface area contributed by atoms with E-state index in [1.807, 2.05) is 7.05 Å². The maximum Gasteiger partial charge on any atom is 0.335 e. The second kappa shape index (κ2) is 4.53. The Hall–Kier alpha value is -1.55. The Morgan fingerprint density at radius 1 is 1.62 bits per heavy atom. The lowest BCUT2D eigenvalue weighted by Crippen LogP contribution is -2.23. The molecule has 4 heteroatoms. The van der Waals surface area contributed by atoms with Gasteiger partial charge in [-0.05, 0) is 37.2 Å². The van der Waals surface area contributed by atoms with Crippen LogP contribution in [0, 0.1) is 0 Å². The van der Waals surface area contributed by atoms with Crippen molar-refractivity contribution < 1.29 is 14.6 Å². The van der Waals surface area contributed by atoms with E-state index in [-0.39, 0.29) is 0 Å². The van der Waals surface area contributed by atoms with Gasteiger partial charge in [-0.2, -0.15) is 0 Å². The van der Waals surface area contributed by atoms with Crippen molar-refractivity contribution in [3.63, 3.8) is 0 Å². The fraction of sp³-hybridized carbons (Fsp3) is 0.417. The summed E-state index contributed by atoms with van der Waals surface area (Å²) in [5.74, 6) is 0.265. The average molecular weight is 221 g/mol. The van der Waals surface area contributed by atoms with E-state index in [1.165, 1.54) is 0 Å².